The van der Waals surface area contributed by atoms with Gasteiger partial charge in [-0.3, -0.25) is 4.21 Å². The Bertz CT molecular complexity index is 454. The standard InChI is InChI=1S/C10H8N2OS/c1-8-6-9(7-12)2-3-10(8)14(13)5-4-11/h2-3,6H,5H2,1H3. The minimum Gasteiger partial charge on any atom is -0.253 e. The molecule has 0 radical (unpaired) electrons. The fourth-order valence-corrected chi connectivity index (χ4v) is 2.02. The van der Waals surface area contributed by atoms with E-state index in [0.29, 0.717) is 10.5 Å². The van der Waals surface area contributed by atoms with Crippen molar-refractivity contribution in [3.8, 4) is 12.1 Å². The molecule has 1 rings (SSSR count). The smallest absolute Gasteiger partial charge is 0.115 e. The first-order chi connectivity index (χ1) is 6.69. The number of rotatable bonds is 2. The van der Waals surface area contributed by atoms with Crippen LogP contribution in [0.3, 0.4) is 0 Å². The highest BCUT2D eigenvalue weighted by molar-refractivity contribution is 7.85. The Labute approximate surface area is 85.1 Å². The van der Waals surface area contributed by atoms with Crippen molar-refractivity contribution >= 4 is 10.8 Å². The monoisotopic (exact) mass is 204 g/mol. The van der Waals surface area contributed by atoms with Gasteiger partial charge in [0.1, 0.15) is 5.75 Å². The second kappa shape index (κ2) is 4.55. The molecule has 0 fully saturated rings. The molecule has 0 aromatic heterocycles. The molecule has 0 heterocycles. The Morgan fingerprint density at radius 3 is 2.64 bits per heavy atom. The van der Waals surface area contributed by atoms with Crippen LogP contribution in [0.4, 0.5) is 0 Å². The molecule has 1 unspecified atom stereocenters. The van der Waals surface area contributed by atoms with Crippen LogP contribution in [0.25, 0.3) is 0 Å². The van der Waals surface area contributed by atoms with Crippen molar-refractivity contribution in [1.29, 1.82) is 10.5 Å². The molecule has 14 heavy (non-hydrogen) atoms. The van der Waals surface area contributed by atoms with E-state index in [4.69, 9.17) is 10.5 Å². The van der Waals surface area contributed by atoms with Gasteiger partial charge in [-0.2, -0.15) is 10.5 Å². The largest absolute Gasteiger partial charge is 0.253 e. The SMILES string of the molecule is Cc1cc(C#N)ccc1S(=O)CC#N. The maximum absolute atomic E-state index is 11.5. The van der Waals surface area contributed by atoms with Crippen LogP contribution in [0.5, 0.6) is 0 Å². The Balaban J connectivity index is 3.09. The van der Waals surface area contributed by atoms with Gasteiger partial charge < -0.3 is 0 Å². The summed E-state index contributed by atoms with van der Waals surface area (Å²) in [6.07, 6.45) is 0. The first-order valence-corrected chi connectivity index (χ1v) is 5.27. The molecule has 70 valence electrons. The van der Waals surface area contributed by atoms with Gasteiger partial charge in [0.2, 0.25) is 0 Å². The third-order valence-corrected chi connectivity index (χ3v) is 3.08. The van der Waals surface area contributed by atoms with E-state index in [2.05, 4.69) is 0 Å². The summed E-state index contributed by atoms with van der Waals surface area (Å²) in [7, 11) is -1.28. The van der Waals surface area contributed by atoms with Gasteiger partial charge in [-0.1, -0.05) is 0 Å². The maximum atomic E-state index is 11.5. The van der Waals surface area contributed by atoms with Crippen molar-refractivity contribution in [3.05, 3.63) is 29.3 Å². The van der Waals surface area contributed by atoms with Gasteiger partial charge in [-0.25, -0.2) is 0 Å². The summed E-state index contributed by atoms with van der Waals surface area (Å²) in [4.78, 5) is 0.630. The van der Waals surface area contributed by atoms with Crippen molar-refractivity contribution in [2.75, 3.05) is 5.75 Å². The van der Waals surface area contributed by atoms with Crippen molar-refractivity contribution in [2.45, 2.75) is 11.8 Å². The van der Waals surface area contributed by atoms with Gasteiger partial charge in [0.25, 0.3) is 0 Å². The van der Waals surface area contributed by atoms with E-state index in [1.54, 1.807) is 25.1 Å². The maximum Gasteiger partial charge on any atom is 0.115 e. The van der Waals surface area contributed by atoms with Crippen LogP contribution in [-0.4, -0.2) is 9.96 Å². The summed E-state index contributed by atoms with van der Waals surface area (Å²) in [5.41, 5.74) is 1.33. The van der Waals surface area contributed by atoms with Crippen LogP contribution in [0.2, 0.25) is 0 Å². The van der Waals surface area contributed by atoms with Crippen molar-refractivity contribution < 1.29 is 4.21 Å². The summed E-state index contributed by atoms with van der Waals surface area (Å²) >= 11 is 0. The summed E-state index contributed by atoms with van der Waals surface area (Å²) in [6.45, 7) is 1.78. The minimum atomic E-state index is -1.28. The van der Waals surface area contributed by atoms with Crippen molar-refractivity contribution in [3.63, 3.8) is 0 Å². The van der Waals surface area contributed by atoms with Crippen LogP contribution in [0.1, 0.15) is 11.1 Å². The Morgan fingerprint density at radius 2 is 2.14 bits per heavy atom. The Morgan fingerprint density at radius 1 is 1.43 bits per heavy atom. The molecule has 0 aliphatic rings. The molecular weight excluding hydrogens is 196 g/mol. The van der Waals surface area contributed by atoms with Gasteiger partial charge in [0.15, 0.2) is 0 Å². The highest BCUT2D eigenvalue weighted by atomic mass is 32.2. The number of nitrogens with zero attached hydrogens (tertiary/aromatic N) is 2. The fraction of sp³-hybridized carbons (Fsp3) is 0.200. The molecule has 4 heteroatoms. The molecular formula is C10H8N2OS. The second-order valence-electron chi connectivity index (χ2n) is 2.74. The van der Waals surface area contributed by atoms with Gasteiger partial charge in [0.05, 0.1) is 28.5 Å². The van der Waals surface area contributed by atoms with E-state index in [1.807, 2.05) is 12.1 Å². The number of aryl methyl sites for hydroxylation is 1. The van der Waals surface area contributed by atoms with E-state index < -0.39 is 10.8 Å². The summed E-state index contributed by atoms with van der Waals surface area (Å²) in [6, 6.07) is 8.78. The lowest BCUT2D eigenvalue weighted by Crippen LogP contribution is -1.98. The normalized spacial score (nSPS) is 11.4. The topological polar surface area (TPSA) is 64.7 Å². The molecule has 0 amide bonds. The molecule has 0 spiro atoms. The average Bonchev–Trinajstić information content (AvgIpc) is 2.17. The van der Waals surface area contributed by atoms with Crippen LogP contribution in [-0.2, 0) is 10.8 Å². The molecule has 0 bridgehead atoms. The molecule has 1 aromatic carbocycles. The van der Waals surface area contributed by atoms with Gasteiger partial charge in [0, 0.05) is 4.90 Å². The lowest BCUT2D eigenvalue weighted by molar-refractivity contribution is 0.685. The zero-order chi connectivity index (χ0) is 10.6. The zero-order valence-corrected chi connectivity index (χ0v) is 8.47. The van der Waals surface area contributed by atoms with E-state index in [9.17, 15) is 4.21 Å². The highest BCUT2D eigenvalue weighted by Gasteiger charge is 2.06. The molecule has 0 saturated heterocycles. The Hall–Kier alpha value is -1.65. The Kier molecular flexibility index (Phi) is 3.39. The number of nitriles is 2. The molecule has 0 aliphatic heterocycles. The quantitative estimate of drug-likeness (QED) is 0.733. The molecule has 0 aliphatic carbocycles. The second-order valence-corrected chi connectivity index (χ2v) is 4.16. The molecule has 1 atom stereocenters. The molecule has 3 nitrogen and oxygen atoms in total. The van der Waals surface area contributed by atoms with E-state index in [0.717, 1.165) is 5.56 Å². The predicted molar refractivity (Wildman–Crippen MR) is 52.8 cm³/mol. The summed E-state index contributed by atoms with van der Waals surface area (Å²) in [5, 5.41) is 17.0. The predicted octanol–water partition coefficient (Wildman–Crippen LogP) is 1.50. The number of hydrogen-bond acceptors (Lipinski definition) is 3. The molecule has 1 aromatic rings. The van der Waals surface area contributed by atoms with Gasteiger partial charge in [-0.05, 0) is 30.7 Å². The summed E-state index contributed by atoms with van der Waals surface area (Å²) in [5.74, 6) is -0.00720. The fourth-order valence-electron chi connectivity index (χ4n) is 1.11. The number of benzene rings is 1. The first kappa shape index (κ1) is 10.4. The van der Waals surface area contributed by atoms with Crippen molar-refractivity contribution in [2.24, 2.45) is 0 Å². The van der Waals surface area contributed by atoms with Crippen LogP contribution < -0.4 is 0 Å². The lowest BCUT2D eigenvalue weighted by atomic mass is 10.2. The van der Waals surface area contributed by atoms with Crippen LogP contribution in [0, 0.1) is 29.6 Å². The van der Waals surface area contributed by atoms with E-state index in [1.165, 1.54) is 0 Å². The van der Waals surface area contributed by atoms with E-state index >= 15 is 0 Å². The number of hydrogen-bond donors (Lipinski definition) is 0. The molecule has 0 N–H and O–H groups in total. The highest BCUT2D eigenvalue weighted by Crippen LogP contribution is 2.14. The minimum absolute atomic E-state index is 0.00720. The van der Waals surface area contributed by atoms with Crippen LogP contribution >= 0.6 is 0 Å². The average molecular weight is 204 g/mol. The van der Waals surface area contributed by atoms with E-state index in [-0.39, 0.29) is 5.75 Å². The van der Waals surface area contributed by atoms with Crippen molar-refractivity contribution in [1.82, 2.24) is 0 Å². The van der Waals surface area contributed by atoms with Gasteiger partial charge >= 0.3 is 0 Å². The third-order valence-electron chi connectivity index (χ3n) is 1.74. The summed E-state index contributed by atoms with van der Waals surface area (Å²) < 4.78 is 11.5. The lowest BCUT2D eigenvalue weighted by Gasteiger charge is -2.02. The van der Waals surface area contributed by atoms with Gasteiger partial charge in [-0.15, -0.1) is 0 Å². The zero-order valence-electron chi connectivity index (χ0n) is 7.65. The third kappa shape index (κ3) is 2.18. The van der Waals surface area contributed by atoms with Crippen LogP contribution in [0.15, 0.2) is 23.1 Å². The molecule has 0 saturated carbocycles. The first-order valence-electron chi connectivity index (χ1n) is 3.95.